The van der Waals surface area contributed by atoms with Gasteiger partial charge in [0.05, 0.1) is 18.8 Å². The van der Waals surface area contributed by atoms with Crippen LogP contribution in [0, 0.1) is 5.92 Å². The second-order valence-corrected chi connectivity index (χ2v) is 7.21. The number of hydrogen-bond donors (Lipinski definition) is 2. The monoisotopic (exact) mass is 286 g/mol. The van der Waals surface area contributed by atoms with Gasteiger partial charge in [0.15, 0.2) is 0 Å². The van der Waals surface area contributed by atoms with Crippen molar-refractivity contribution in [3.05, 3.63) is 0 Å². The maximum Gasteiger partial charge on any atom is 0.0897 e. The van der Waals surface area contributed by atoms with Gasteiger partial charge < -0.3 is 20.1 Å². The van der Waals surface area contributed by atoms with Crippen molar-refractivity contribution >= 4 is 0 Å². The Hall–Kier alpha value is -0.160. The predicted octanol–water partition coefficient (Wildman–Crippen LogP) is 1.87. The number of nitrogens with zero attached hydrogens (tertiary/aromatic N) is 1. The van der Waals surface area contributed by atoms with Crippen molar-refractivity contribution < 1.29 is 9.84 Å². The van der Waals surface area contributed by atoms with Crippen LogP contribution in [0.4, 0.5) is 0 Å². The van der Waals surface area contributed by atoms with Crippen molar-refractivity contribution in [2.45, 2.75) is 64.2 Å². The number of hydrogen-bond acceptors (Lipinski definition) is 4. The van der Waals surface area contributed by atoms with E-state index in [4.69, 9.17) is 4.74 Å². The smallest absolute Gasteiger partial charge is 0.0897 e. The number of rotatable bonds is 8. The van der Waals surface area contributed by atoms with Gasteiger partial charge in [-0.1, -0.05) is 6.92 Å². The van der Waals surface area contributed by atoms with Crippen molar-refractivity contribution in [1.29, 1.82) is 0 Å². The van der Waals surface area contributed by atoms with E-state index in [0.29, 0.717) is 19.3 Å². The van der Waals surface area contributed by atoms with E-state index in [9.17, 15) is 5.11 Å². The molecule has 1 aliphatic carbocycles. The lowest BCUT2D eigenvalue weighted by Crippen LogP contribution is -2.48. The molecule has 0 bridgehead atoms. The minimum absolute atomic E-state index is 0.0973. The molecule has 4 heteroatoms. The number of ether oxygens (including phenoxy) is 1. The summed E-state index contributed by atoms with van der Waals surface area (Å²) in [5.41, 5.74) is 0.0973. The minimum atomic E-state index is -0.410. The lowest BCUT2D eigenvalue weighted by atomic mass is 9.89. The molecule has 0 amide bonds. The Bertz CT molecular complexity index is 261. The van der Waals surface area contributed by atoms with Crippen LogP contribution in [0.5, 0.6) is 0 Å². The van der Waals surface area contributed by atoms with Gasteiger partial charge in [0.2, 0.25) is 0 Å². The van der Waals surface area contributed by atoms with Gasteiger partial charge in [0, 0.05) is 18.6 Å². The fourth-order valence-corrected chi connectivity index (χ4v) is 2.41. The summed E-state index contributed by atoms with van der Waals surface area (Å²) in [6.45, 7) is 8.59. The Morgan fingerprint density at radius 3 is 2.40 bits per heavy atom. The molecule has 0 spiro atoms. The van der Waals surface area contributed by atoms with Crippen LogP contribution >= 0.6 is 0 Å². The van der Waals surface area contributed by atoms with Crippen molar-refractivity contribution in [3.8, 4) is 0 Å². The standard InChI is InChI=1S/C16H34N2O2/c1-13-6-8-15(9-7-13)20-11-14(19)10-17-12-16(2,3)18(4)5/h13-15,17,19H,6-12H2,1-5H3. The average Bonchev–Trinajstić information content (AvgIpc) is 2.37. The number of aliphatic hydroxyl groups is 1. The lowest BCUT2D eigenvalue weighted by Gasteiger charge is -2.33. The highest BCUT2D eigenvalue weighted by molar-refractivity contribution is 4.80. The van der Waals surface area contributed by atoms with Crippen LogP contribution in [0.1, 0.15) is 46.5 Å². The molecule has 0 radical (unpaired) electrons. The number of nitrogens with one attached hydrogen (secondary N) is 1. The van der Waals surface area contributed by atoms with Gasteiger partial charge in [-0.2, -0.15) is 0 Å². The van der Waals surface area contributed by atoms with E-state index in [0.717, 1.165) is 25.3 Å². The van der Waals surface area contributed by atoms with Crippen molar-refractivity contribution in [1.82, 2.24) is 10.2 Å². The third-order valence-corrected chi connectivity index (χ3v) is 4.64. The molecule has 0 heterocycles. The topological polar surface area (TPSA) is 44.7 Å². The third kappa shape index (κ3) is 6.53. The van der Waals surface area contributed by atoms with Crippen molar-refractivity contribution in [2.75, 3.05) is 33.8 Å². The van der Waals surface area contributed by atoms with Gasteiger partial charge in [-0.05, 0) is 59.5 Å². The molecular weight excluding hydrogens is 252 g/mol. The van der Waals surface area contributed by atoms with E-state index >= 15 is 0 Å². The molecule has 120 valence electrons. The molecule has 1 unspecified atom stereocenters. The summed E-state index contributed by atoms with van der Waals surface area (Å²) in [5.74, 6) is 0.842. The summed E-state index contributed by atoms with van der Waals surface area (Å²) < 4.78 is 5.82. The van der Waals surface area contributed by atoms with E-state index < -0.39 is 6.10 Å². The van der Waals surface area contributed by atoms with Crippen LogP contribution in [-0.4, -0.2) is 61.5 Å². The molecule has 1 rings (SSSR count). The van der Waals surface area contributed by atoms with Gasteiger partial charge in [-0.3, -0.25) is 0 Å². The summed E-state index contributed by atoms with van der Waals surface area (Å²) >= 11 is 0. The Morgan fingerprint density at radius 2 is 1.85 bits per heavy atom. The first-order valence-corrected chi connectivity index (χ1v) is 7.99. The van der Waals surface area contributed by atoms with Gasteiger partial charge in [0.25, 0.3) is 0 Å². The molecular formula is C16H34N2O2. The Balaban J connectivity index is 2.10. The normalized spacial score (nSPS) is 25.9. The molecule has 0 aromatic carbocycles. The molecule has 2 N–H and O–H groups in total. The highest BCUT2D eigenvalue weighted by Crippen LogP contribution is 2.25. The Kier molecular flexibility index (Phi) is 7.45. The van der Waals surface area contributed by atoms with Crippen LogP contribution in [-0.2, 0) is 4.74 Å². The minimum Gasteiger partial charge on any atom is -0.389 e. The predicted molar refractivity (Wildman–Crippen MR) is 84.0 cm³/mol. The first kappa shape index (κ1) is 17.9. The summed E-state index contributed by atoms with van der Waals surface area (Å²) in [6, 6.07) is 0. The Morgan fingerprint density at radius 1 is 1.25 bits per heavy atom. The maximum atomic E-state index is 9.97. The molecule has 0 aromatic heterocycles. The fraction of sp³-hybridized carbons (Fsp3) is 1.00. The van der Waals surface area contributed by atoms with E-state index in [1.54, 1.807) is 0 Å². The largest absolute Gasteiger partial charge is 0.389 e. The zero-order valence-electron chi connectivity index (χ0n) is 14.0. The molecule has 0 aromatic rings. The third-order valence-electron chi connectivity index (χ3n) is 4.64. The van der Waals surface area contributed by atoms with Crippen molar-refractivity contribution in [2.24, 2.45) is 5.92 Å². The summed E-state index contributed by atoms with van der Waals surface area (Å²) in [7, 11) is 4.15. The number of aliphatic hydroxyl groups excluding tert-OH is 1. The van der Waals surface area contributed by atoms with Crippen LogP contribution < -0.4 is 5.32 Å². The highest BCUT2D eigenvalue weighted by atomic mass is 16.5. The molecule has 0 aliphatic heterocycles. The second-order valence-electron chi connectivity index (χ2n) is 7.21. The molecule has 1 saturated carbocycles. The van der Waals surface area contributed by atoms with Crippen LogP contribution in [0.15, 0.2) is 0 Å². The first-order valence-electron chi connectivity index (χ1n) is 7.99. The molecule has 0 saturated heterocycles. The molecule has 1 fully saturated rings. The molecule has 20 heavy (non-hydrogen) atoms. The van der Waals surface area contributed by atoms with E-state index in [1.807, 2.05) is 0 Å². The average molecular weight is 286 g/mol. The highest BCUT2D eigenvalue weighted by Gasteiger charge is 2.21. The van der Waals surface area contributed by atoms with Crippen LogP contribution in [0.25, 0.3) is 0 Å². The Labute approximate surface area is 124 Å². The zero-order chi connectivity index (χ0) is 15.2. The molecule has 1 aliphatic rings. The SMILES string of the molecule is CC1CCC(OCC(O)CNCC(C)(C)N(C)C)CC1. The number of likely N-dealkylation sites (N-methyl/N-ethyl adjacent to an activating group) is 1. The van der Waals surface area contributed by atoms with Crippen LogP contribution in [0.2, 0.25) is 0 Å². The summed E-state index contributed by atoms with van der Waals surface area (Å²) in [5, 5.41) is 13.3. The van der Waals surface area contributed by atoms with E-state index in [-0.39, 0.29) is 5.54 Å². The first-order chi connectivity index (χ1) is 9.31. The molecule has 1 atom stereocenters. The van der Waals surface area contributed by atoms with Gasteiger partial charge >= 0.3 is 0 Å². The van der Waals surface area contributed by atoms with Gasteiger partial charge in [0.1, 0.15) is 0 Å². The zero-order valence-corrected chi connectivity index (χ0v) is 14.0. The fourth-order valence-electron chi connectivity index (χ4n) is 2.41. The van der Waals surface area contributed by atoms with Crippen LogP contribution in [0.3, 0.4) is 0 Å². The maximum absolute atomic E-state index is 9.97. The van der Waals surface area contributed by atoms with E-state index in [2.05, 4.69) is 45.1 Å². The summed E-state index contributed by atoms with van der Waals surface area (Å²) in [6.07, 6.45) is 4.77. The second kappa shape index (κ2) is 8.32. The van der Waals surface area contributed by atoms with E-state index in [1.165, 1.54) is 12.8 Å². The van der Waals surface area contributed by atoms with Gasteiger partial charge in [-0.15, -0.1) is 0 Å². The van der Waals surface area contributed by atoms with Crippen molar-refractivity contribution in [3.63, 3.8) is 0 Å². The quantitative estimate of drug-likeness (QED) is 0.715. The lowest BCUT2D eigenvalue weighted by molar-refractivity contribution is -0.0283. The molecule has 4 nitrogen and oxygen atoms in total. The van der Waals surface area contributed by atoms with Gasteiger partial charge in [-0.25, -0.2) is 0 Å². The summed E-state index contributed by atoms with van der Waals surface area (Å²) in [4.78, 5) is 2.19.